The smallest absolute Gasteiger partial charge is 0.287 e. The number of hydrogen-bond acceptors (Lipinski definition) is 3. The average molecular weight is 398 g/mol. The van der Waals surface area contributed by atoms with Crippen molar-refractivity contribution in [2.75, 3.05) is 0 Å². The quantitative estimate of drug-likeness (QED) is 0.378. The molecule has 0 spiro atoms. The molecule has 0 N–H and O–H groups in total. The third kappa shape index (κ3) is 6.30. The van der Waals surface area contributed by atoms with E-state index < -0.39 is 46.7 Å². The standard InChI is InChI=1S/C6H3F13O3Si/c1-2(7,8)20-23(19,21-5(15,16)3(9,10)11)22-6(17,18)4(12,13)14/h1H3. The van der Waals surface area contributed by atoms with Gasteiger partial charge in [0.15, 0.2) is 0 Å². The van der Waals surface area contributed by atoms with Crippen LogP contribution in [0.4, 0.5) is 56.8 Å². The Balaban J connectivity index is 5.70. The van der Waals surface area contributed by atoms with Crippen LogP contribution in [0.3, 0.4) is 0 Å². The van der Waals surface area contributed by atoms with E-state index in [1.54, 1.807) is 0 Å². The maximum atomic E-state index is 13.4. The fourth-order valence-corrected chi connectivity index (χ4v) is 2.10. The lowest BCUT2D eigenvalue weighted by molar-refractivity contribution is -0.410. The third-order valence-corrected chi connectivity index (χ3v) is 3.06. The predicted octanol–water partition coefficient (Wildman–Crippen LogP) is 4.36. The van der Waals surface area contributed by atoms with Crippen LogP contribution < -0.4 is 0 Å². The Morgan fingerprint density at radius 2 is 0.826 bits per heavy atom. The highest BCUT2D eigenvalue weighted by atomic mass is 28.4. The molecule has 0 amide bonds. The van der Waals surface area contributed by atoms with Gasteiger partial charge in [-0.3, -0.25) is 13.3 Å². The van der Waals surface area contributed by atoms with E-state index >= 15 is 0 Å². The summed E-state index contributed by atoms with van der Waals surface area (Å²) in [5, 5.41) is 0. The zero-order valence-corrected chi connectivity index (χ0v) is 11.1. The molecule has 0 saturated heterocycles. The van der Waals surface area contributed by atoms with Crippen LogP contribution in [0.15, 0.2) is 0 Å². The van der Waals surface area contributed by atoms with Crippen molar-refractivity contribution in [2.45, 2.75) is 37.6 Å². The van der Waals surface area contributed by atoms with E-state index in [9.17, 15) is 56.8 Å². The summed E-state index contributed by atoms with van der Waals surface area (Å²) in [4.78, 5) is 0. The van der Waals surface area contributed by atoms with Gasteiger partial charge >= 0.3 is 39.8 Å². The first-order valence-electron chi connectivity index (χ1n) is 4.68. The Hall–Kier alpha value is -0.813. The van der Waals surface area contributed by atoms with Crippen molar-refractivity contribution in [2.24, 2.45) is 0 Å². The molecular formula is C6H3F13O3Si. The summed E-state index contributed by atoms with van der Waals surface area (Å²) in [6.45, 7) is -0.571. The van der Waals surface area contributed by atoms with Gasteiger partial charge in [-0.15, -0.1) is 0 Å². The van der Waals surface area contributed by atoms with E-state index in [2.05, 4.69) is 4.43 Å². The van der Waals surface area contributed by atoms with Gasteiger partial charge in [-0.25, -0.2) is 4.11 Å². The summed E-state index contributed by atoms with van der Waals surface area (Å²) in [5.41, 5.74) is 0. The highest BCUT2D eigenvalue weighted by Crippen LogP contribution is 2.44. The molecule has 3 nitrogen and oxygen atoms in total. The van der Waals surface area contributed by atoms with E-state index in [-0.39, 0.29) is 0 Å². The molecule has 0 atom stereocenters. The van der Waals surface area contributed by atoms with Crippen LogP contribution in [0.5, 0.6) is 0 Å². The van der Waals surface area contributed by atoms with Crippen molar-refractivity contribution in [3.63, 3.8) is 0 Å². The van der Waals surface area contributed by atoms with E-state index in [4.69, 9.17) is 0 Å². The normalized spacial score (nSPS) is 15.9. The summed E-state index contributed by atoms with van der Waals surface area (Å²) in [6.07, 6.45) is -32.3. The average Bonchev–Trinajstić information content (AvgIpc) is 2.05. The summed E-state index contributed by atoms with van der Waals surface area (Å²) >= 11 is 0. The van der Waals surface area contributed by atoms with Gasteiger partial charge in [0.05, 0.1) is 0 Å². The molecule has 0 aromatic heterocycles. The Morgan fingerprint density at radius 3 is 1.00 bits per heavy atom. The van der Waals surface area contributed by atoms with E-state index in [0.717, 1.165) is 0 Å². The van der Waals surface area contributed by atoms with Crippen LogP contribution in [0.25, 0.3) is 0 Å². The SMILES string of the molecule is CC(F)(F)O[Si](F)(OC(F)(F)C(F)(F)F)OC(F)(F)C(F)(F)F. The first-order chi connectivity index (χ1) is 9.62. The van der Waals surface area contributed by atoms with E-state index in [0.29, 0.717) is 0 Å². The Morgan fingerprint density at radius 1 is 0.565 bits per heavy atom. The van der Waals surface area contributed by atoms with E-state index in [1.165, 1.54) is 0 Å². The Labute approximate surface area is 118 Å². The van der Waals surface area contributed by atoms with Crippen molar-refractivity contribution in [1.29, 1.82) is 0 Å². The van der Waals surface area contributed by atoms with Gasteiger partial charge in [-0.1, -0.05) is 0 Å². The van der Waals surface area contributed by atoms with Crippen molar-refractivity contribution < 1.29 is 70.1 Å². The monoisotopic (exact) mass is 398 g/mol. The third-order valence-electron chi connectivity index (χ3n) is 1.46. The van der Waals surface area contributed by atoms with Crippen LogP contribution in [0.2, 0.25) is 0 Å². The van der Waals surface area contributed by atoms with Gasteiger partial charge in [0.1, 0.15) is 0 Å². The van der Waals surface area contributed by atoms with Gasteiger partial charge in [-0.2, -0.15) is 52.7 Å². The molecule has 17 heteroatoms. The molecule has 0 saturated carbocycles. The first kappa shape index (κ1) is 22.2. The second kappa shape index (κ2) is 5.92. The fraction of sp³-hybridized carbons (Fsp3) is 1.00. The molecule has 0 aliphatic carbocycles. The van der Waals surface area contributed by atoms with Crippen molar-refractivity contribution in [1.82, 2.24) is 0 Å². The molecule has 0 radical (unpaired) electrons. The topological polar surface area (TPSA) is 27.7 Å². The van der Waals surface area contributed by atoms with Crippen LogP contribution in [0.1, 0.15) is 6.92 Å². The molecule has 0 rings (SSSR count). The lowest BCUT2D eigenvalue weighted by Gasteiger charge is -2.31. The number of alkyl halides is 12. The van der Waals surface area contributed by atoms with Crippen LogP contribution in [-0.2, 0) is 13.3 Å². The van der Waals surface area contributed by atoms with Crippen LogP contribution in [-0.4, -0.2) is 39.8 Å². The molecule has 0 aliphatic heterocycles. The fourth-order valence-electron chi connectivity index (χ4n) is 0.699. The van der Waals surface area contributed by atoms with Crippen molar-refractivity contribution in [3.8, 4) is 0 Å². The minimum Gasteiger partial charge on any atom is -0.287 e. The highest BCUT2D eigenvalue weighted by Gasteiger charge is 2.73. The molecule has 0 fully saturated rings. The zero-order valence-electron chi connectivity index (χ0n) is 10.1. The number of halogens is 13. The maximum Gasteiger partial charge on any atom is 0.733 e. The number of hydrogen-bond donors (Lipinski definition) is 0. The Bertz CT molecular complexity index is 381. The molecule has 0 heterocycles. The maximum absolute atomic E-state index is 13.4. The van der Waals surface area contributed by atoms with Crippen LogP contribution >= 0.6 is 0 Å². The van der Waals surface area contributed by atoms with Gasteiger partial charge < -0.3 is 0 Å². The van der Waals surface area contributed by atoms with Gasteiger partial charge in [0, 0.05) is 6.92 Å². The largest absolute Gasteiger partial charge is 0.733 e. The molecule has 0 aromatic carbocycles. The minimum absolute atomic E-state index is 0.571. The molecule has 23 heavy (non-hydrogen) atoms. The van der Waals surface area contributed by atoms with Crippen molar-refractivity contribution in [3.05, 3.63) is 0 Å². The molecule has 0 unspecified atom stereocenters. The molecular weight excluding hydrogens is 395 g/mol. The van der Waals surface area contributed by atoms with E-state index in [1.807, 2.05) is 8.85 Å². The highest BCUT2D eigenvalue weighted by molar-refractivity contribution is 6.53. The summed E-state index contributed by atoms with van der Waals surface area (Å²) in [5.74, 6) is 0. The van der Waals surface area contributed by atoms with Gasteiger partial charge in [-0.05, 0) is 0 Å². The Kier molecular flexibility index (Phi) is 5.71. The lowest BCUT2D eigenvalue weighted by Crippen LogP contribution is -2.59. The molecule has 140 valence electrons. The van der Waals surface area contributed by atoms with Crippen LogP contribution in [0, 0.1) is 0 Å². The summed E-state index contributed by atoms with van der Waals surface area (Å²) < 4.78 is 164. The number of rotatable bonds is 6. The second-order valence-corrected chi connectivity index (χ2v) is 5.20. The molecule has 0 bridgehead atoms. The zero-order chi connectivity index (χ0) is 19.1. The summed E-state index contributed by atoms with van der Waals surface area (Å²) in [6, 6.07) is 0. The second-order valence-electron chi connectivity index (χ2n) is 3.62. The first-order valence-corrected chi connectivity index (χ1v) is 6.28. The molecule has 0 aromatic rings. The summed E-state index contributed by atoms with van der Waals surface area (Å²) in [7, 11) is -8.07. The predicted molar refractivity (Wildman–Crippen MR) is 42.7 cm³/mol. The van der Waals surface area contributed by atoms with Crippen molar-refractivity contribution >= 4 is 9.14 Å². The van der Waals surface area contributed by atoms with Gasteiger partial charge in [0.2, 0.25) is 0 Å². The minimum atomic E-state index is -8.07. The van der Waals surface area contributed by atoms with Gasteiger partial charge in [0.25, 0.3) is 0 Å². The molecule has 0 aliphatic rings. The lowest BCUT2D eigenvalue weighted by atomic mass is 10.6.